The first-order valence-corrected chi connectivity index (χ1v) is 9.37. The van der Waals surface area contributed by atoms with E-state index in [1.165, 1.54) is 12.0 Å². The van der Waals surface area contributed by atoms with E-state index >= 15 is 0 Å². The van der Waals surface area contributed by atoms with E-state index in [0.29, 0.717) is 6.04 Å². The summed E-state index contributed by atoms with van der Waals surface area (Å²) in [5, 5.41) is 6.73. The molecule has 0 saturated carbocycles. The van der Waals surface area contributed by atoms with Crippen LogP contribution in [0, 0.1) is 0 Å². The average molecular weight is 492 g/mol. The maximum Gasteiger partial charge on any atom is 0.190 e. The fraction of sp³-hybridized carbons (Fsp3) is 0.650. The summed E-state index contributed by atoms with van der Waals surface area (Å²) in [5.41, 5.74) is 1.20. The smallest absolute Gasteiger partial charge is 0.190 e. The predicted molar refractivity (Wildman–Crippen MR) is 125 cm³/mol. The second-order valence-corrected chi connectivity index (χ2v) is 6.65. The SMILES string of the molecule is CN=C(NCCCCN(C)C(C)C)NCCc1ccc(OC)c(OC)c1.I. The van der Waals surface area contributed by atoms with Gasteiger partial charge in [0, 0.05) is 26.2 Å². The van der Waals surface area contributed by atoms with E-state index < -0.39 is 0 Å². The number of nitrogens with one attached hydrogen (secondary N) is 2. The molecule has 0 heterocycles. The van der Waals surface area contributed by atoms with Gasteiger partial charge in [-0.1, -0.05) is 6.07 Å². The number of rotatable bonds is 11. The lowest BCUT2D eigenvalue weighted by molar-refractivity contribution is 0.268. The summed E-state index contributed by atoms with van der Waals surface area (Å²) in [6.45, 7) is 7.32. The molecule has 0 aliphatic rings. The number of aliphatic imine (C=N–C) groups is 1. The highest BCUT2D eigenvalue weighted by Crippen LogP contribution is 2.27. The van der Waals surface area contributed by atoms with Gasteiger partial charge in [-0.15, -0.1) is 24.0 Å². The lowest BCUT2D eigenvalue weighted by Crippen LogP contribution is -2.39. The minimum atomic E-state index is 0. The molecule has 0 saturated heterocycles. The Labute approximate surface area is 182 Å². The largest absolute Gasteiger partial charge is 0.493 e. The van der Waals surface area contributed by atoms with Crippen LogP contribution in [0.1, 0.15) is 32.3 Å². The Morgan fingerprint density at radius 1 is 1.07 bits per heavy atom. The van der Waals surface area contributed by atoms with E-state index in [1.54, 1.807) is 21.3 Å². The Morgan fingerprint density at radius 2 is 1.74 bits per heavy atom. The van der Waals surface area contributed by atoms with Gasteiger partial charge in [0.05, 0.1) is 14.2 Å². The molecule has 2 N–H and O–H groups in total. The number of halogens is 1. The van der Waals surface area contributed by atoms with Crippen molar-refractivity contribution < 1.29 is 9.47 Å². The highest BCUT2D eigenvalue weighted by molar-refractivity contribution is 14.0. The normalized spacial score (nSPS) is 11.3. The molecule has 7 heteroatoms. The van der Waals surface area contributed by atoms with Crippen molar-refractivity contribution >= 4 is 29.9 Å². The first kappa shape index (κ1) is 25.8. The summed E-state index contributed by atoms with van der Waals surface area (Å²) in [5.74, 6) is 2.37. The summed E-state index contributed by atoms with van der Waals surface area (Å²) >= 11 is 0. The molecule has 0 unspecified atom stereocenters. The summed E-state index contributed by atoms with van der Waals surface area (Å²) in [6, 6.07) is 6.62. The molecule has 0 aliphatic carbocycles. The molecule has 1 aromatic rings. The van der Waals surface area contributed by atoms with E-state index in [1.807, 2.05) is 12.1 Å². The Kier molecular flexibility index (Phi) is 14.1. The molecule has 1 aromatic carbocycles. The average Bonchev–Trinajstić information content (AvgIpc) is 2.65. The topological polar surface area (TPSA) is 58.1 Å². The quantitative estimate of drug-likeness (QED) is 0.215. The molecule has 0 atom stereocenters. The number of benzene rings is 1. The second kappa shape index (κ2) is 14.8. The fourth-order valence-corrected chi connectivity index (χ4v) is 2.53. The number of unbranched alkanes of at least 4 members (excludes halogenated alkanes) is 1. The molecule has 1 rings (SSSR count). The molecule has 27 heavy (non-hydrogen) atoms. The van der Waals surface area contributed by atoms with Crippen molar-refractivity contribution in [2.24, 2.45) is 4.99 Å². The van der Waals surface area contributed by atoms with Gasteiger partial charge in [-0.3, -0.25) is 4.99 Å². The van der Waals surface area contributed by atoms with Crippen LogP contribution in [0.5, 0.6) is 11.5 Å². The Hall–Kier alpha value is -1.22. The third-order valence-corrected chi connectivity index (χ3v) is 4.49. The molecule has 0 aromatic heterocycles. The van der Waals surface area contributed by atoms with Gasteiger partial charge in [0.15, 0.2) is 17.5 Å². The van der Waals surface area contributed by atoms with Crippen LogP contribution in [-0.2, 0) is 6.42 Å². The monoisotopic (exact) mass is 492 g/mol. The van der Waals surface area contributed by atoms with E-state index in [9.17, 15) is 0 Å². The van der Waals surface area contributed by atoms with Crippen LogP contribution < -0.4 is 20.1 Å². The van der Waals surface area contributed by atoms with Crippen molar-refractivity contribution in [3.8, 4) is 11.5 Å². The van der Waals surface area contributed by atoms with Crippen molar-refractivity contribution in [3.63, 3.8) is 0 Å². The van der Waals surface area contributed by atoms with Crippen LogP contribution in [0.25, 0.3) is 0 Å². The van der Waals surface area contributed by atoms with Crippen LogP contribution in [-0.4, -0.2) is 64.9 Å². The summed E-state index contributed by atoms with van der Waals surface area (Å²) in [6.07, 6.45) is 3.21. The number of ether oxygens (including phenoxy) is 2. The number of guanidine groups is 1. The zero-order valence-electron chi connectivity index (χ0n) is 17.7. The first-order valence-electron chi connectivity index (χ1n) is 9.37. The van der Waals surface area contributed by atoms with Gasteiger partial charge >= 0.3 is 0 Å². The van der Waals surface area contributed by atoms with Gasteiger partial charge in [0.2, 0.25) is 0 Å². The summed E-state index contributed by atoms with van der Waals surface area (Å²) in [7, 11) is 7.28. The molecule has 156 valence electrons. The lowest BCUT2D eigenvalue weighted by Gasteiger charge is -2.20. The third kappa shape index (κ3) is 10.0. The van der Waals surface area contributed by atoms with Crippen LogP contribution in [0.2, 0.25) is 0 Å². The molecule has 0 aliphatic heterocycles. The van der Waals surface area contributed by atoms with Gasteiger partial charge in [0.25, 0.3) is 0 Å². The van der Waals surface area contributed by atoms with Crippen molar-refractivity contribution in [1.29, 1.82) is 0 Å². The molecule has 0 bridgehead atoms. The van der Waals surface area contributed by atoms with Crippen molar-refractivity contribution in [2.75, 3.05) is 47.9 Å². The van der Waals surface area contributed by atoms with Crippen LogP contribution in [0.4, 0.5) is 0 Å². The lowest BCUT2D eigenvalue weighted by atomic mass is 10.1. The zero-order chi connectivity index (χ0) is 19.4. The maximum atomic E-state index is 5.35. The standard InChI is InChI=1S/C20H36N4O2.HI/c1-16(2)24(4)14-8-7-12-22-20(21-3)23-13-11-17-9-10-18(25-5)19(15-17)26-6;/h9-10,15-16H,7-8,11-14H2,1-6H3,(H2,21,22,23);1H. The van der Waals surface area contributed by atoms with Gasteiger partial charge in [-0.25, -0.2) is 0 Å². The van der Waals surface area contributed by atoms with Crippen molar-refractivity contribution in [2.45, 2.75) is 39.2 Å². The zero-order valence-corrected chi connectivity index (χ0v) is 20.0. The number of hydrogen-bond donors (Lipinski definition) is 2. The van der Waals surface area contributed by atoms with E-state index in [2.05, 4.69) is 47.5 Å². The Balaban J connectivity index is 0.00000676. The predicted octanol–water partition coefficient (Wildman–Crippen LogP) is 3.15. The van der Waals surface area contributed by atoms with Gasteiger partial charge < -0.3 is 25.0 Å². The molecule has 0 amide bonds. The molecular formula is C20H37IN4O2. The molecule has 0 fully saturated rings. The maximum absolute atomic E-state index is 5.35. The van der Waals surface area contributed by atoms with Crippen LogP contribution in [0.3, 0.4) is 0 Å². The van der Waals surface area contributed by atoms with E-state index in [0.717, 1.165) is 49.9 Å². The first-order chi connectivity index (χ1) is 12.5. The molecular weight excluding hydrogens is 455 g/mol. The third-order valence-electron chi connectivity index (χ3n) is 4.49. The Morgan fingerprint density at radius 3 is 2.33 bits per heavy atom. The van der Waals surface area contributed by atoms with Gasteiger partial charge in [-0.05, 0) is 64.4 Å². The van der Waals surface area contributed by atoms with Crippen molar-refractivity contribution in [1.82, 2.24) is 15.5 Å². The molecule has 6 nitrogen and oxygen atoms in total. The number of methoxy groups -OCH3 is 2. The molecule has 0 radical (unpaired) electrons. The van der Waals surface area contributed by atoms with Gasteiger partial charge in [-0.2, -0.15) is 0 Å². The number of nitrogens with zero attached hydrogens (tertiary/aromatic N) is 2. The minimum Gasteiger partial charge on any atom is -0.493 e. The molecule has 0 spiro atoms. The van der Waals surface area contributed by atoms with Gasteiger partial charge in [0.1, 0.15) is 0 Å². The van der Waals surface area contributed by atoms with Crippen molar-refractivity contribution in [3.05, 3.63) is 23.8 Å². The van der Waals surface area contributed by atoms with Crippen LogP contribution >= 0.6 is 24.0 Å². The fourth-order valence-electron chi connectivity index (χ4n) is 2.53. The minimum absolute atomic E-state index is 0. The highest BCUT2D eigenvalue weighted by Gasteiger charge is 2.05. The second-order valence-electron chi connectivity index (χ2n) is 6.65. The van der Waals surface area contributed by atoms with Crippen LogP contribution in [0.15, 0.2) is 23.2 Å². The highest BCUT2D eigenvalue weighted by atomic mass is 127. The Bertz CT molecular complexity index is 553. The van der Waals surface area contributed by atoms with E-state index in [4.69, 9.17) is 9.47 Å². The number of hydrogen-bond acceptors (Lipinski definition) is 4. The summed E-state index contributed by atoms with van der Waals surface area (Å²) in [4.78, 5) is 6.65. The van der Waals surface area contributed by atoms with E-state index in [-0.39, 0.29) is 24.0 Å². The summed E-state index contributed by atoms with van der Waals surface area (Å²) < 4.78 is 10.6.